The minimum Gasteiger partial charge on any atom is -0.495 e. The van der Waals surface area contributed by atoms with E-state index in [2.05, 4.69) is 36.2 Å². The topological polar surface area (TPSA) is 158 Å². The summed E-state index contributed by atoms with van der Waals surface area (Å²) in [5.41, 5.74) is 3.83. The first kappa shape index (κ1) is 33.6. The van der Waals surface area contributed by atoms with Crippen molar-refractivity contribution in [1.82, 2.24) is 35.3 Å². The summed E-state index contributed by atoms with van der Waals surface area (Å²) in [6.07, 6.45) is 0.188. The van der Waals surface area contributed by atoms with Gasteiger partial charge in [-0.3, -0.25) is 14.5 Å². The summed E-state index contributed by atoms with van der Waals surface area (Å²) in [6, 6.07) is 21.5. The molecule has 14 nitrogen and oxygen atoms in total. The van der Waals surface area contributed by atoms with Gasteiger partial charge in [-0.05, 0) is 41.8 Å². The number of para-hydroxylation sites is 1. The lowest BCUT2D eigenvalue weighted by Gasteiger charge is -2.36. The number of rotatable bonds is 11. The first-order valence-corrected chi connectivity index (χ1v) is 16.4. The van der Waals surface area contributed by atoms with Crippen LogP contribution in [0, 0.1) is 6.92 Å². The second-order valence-electron chi connectivity index (χ2n) is 12.3. The molecule has 0 radical (unpaired) electrons. The molecule has 14 heteroatoms. The Kier molecular flexibility index (Phi) is 10.8. The van der Waals surface area contributed by atoms with Crippen LogP contribution in [0.4, 0.5) is 16.2 Å². The fraction of sp³-hybridized carbons (Fsp3) is 0.371. The number of likely N-dealkylation sites (tertiary alicyclic amines) is 1. The van der Waals surface area contributed by atoms with E-state index >= 15 is 0 Å². The highest BCUT2D eigenvalue weighted by Crippen LogP contribution is 2.29. The average Bonchev–Trinajstić information content (AvgIpc) is 3.80. The Morgan fingerprint density at radius 2 is 1.67 bits per heavy atom. The summed E-state index contributed by atoms with van der Waals surface area (Å²) < 4.78 is 11.8. The molecule has 2 atom stereocenters. The molecule has 0 aliphatic carbocycles. The molecule has 4 amide bonds. The quantitative estimate of drug-likeness (QED) is 0.218. The molecule has 0 unspecified atom stereocenters. The van der Waals surface area contributed by atoms with Crippen LogP contribution in [0.3, 0.4) is 0 Å². The number of carbonyl (C=O) groups excluding carboxylic acids is 3. The first-order chi connectivity index (χ1) is 23.9. The third-order valence-corrected chi connectivity index (χ3v) is 8.90. The number of urea groups is 1. The molecule has 49 heavy (non-hydrogen) atoms. The van der Waals surface area contributed by atoms with Gasteiger partial charge < -0.3 is 29.9 Å². The summed E-state index contributed by atoms with van der Waals surface area (Å²) in [6.45, 7) is 5.58. The highest BCUT2D eigenvalue weighted by molar-refractivity contribution is 6.01. The number of ether oxygens (including phenoxy) is 2. The molecular formula is C35H41N9O5. The number of benzene rings is 3. The average molecular weight is 668 g/mol. The molecule has 256 valence electrons. The third-order valence-electron chi connectivity index (χ3n) is 8.90. The number of H-pyrrole nitrogens is 1. The van der Waals surface area contributed by atoms with E-state index < -0.39 is 12.1 Å². The zero-order chi connectivity index (χ0) is 34.2. The fourth-order valence-electron chi connectivity index (χ4n) is 6.22. The van der Waals surface area contributed by atoms with Crippen molar-refractivity contribution in [3.8, 4) is 5.75 Å². The van der Waals surface area contributed by atoms with E-state index in [1.165, 1.54) is 7.11 Å². The van der Waals surface area contributed by atoms with Crippen molar-refractivity contribution in [2.24, 2.45) is 0 Å². The molecule has 1 aromatic heterocycles. The van der Waals surface area contributed by atoms with Crippen LogP contribution in [0.1, 0.15) is 28.9 Å². The van der Waals surface area contributed by atoms with Crippen LogP contribution < -0.4 is 15.4 Å². The van der Waals surface area contributed by atoms with Crippen LogP contribution in [0.5, 0.6) is 5.75 Å². The molecule has 0 saturated carbocycles. The number of nitrogens with one attached hydrogen (secondary N) is 3. The van der Waals surface area contributed by atoms with Gasteiger partial charge in [0.05, 0.1) is 38.5 Å². The zero-order valence-electron chi connectivity index (χ0n) is 27.7. The van der Waals surface area contributed by atoms with Gasteiger partial charge in [0, 0.05) is 44.8 Å². The monoisotopic (exact) mass is 667 g/mol. The number of aromatic amines is 1. The number of hydrogen-bond donors (Lipinski definition) is 3. The van der Waals surface area contributed by atoms with Crippen molar-refractivity contribution >= 4 is 29.2 Å². The van der Waals surface area contributed by atoms with Crippen LogP contribution in [0.15, 0.2) is 72.8 Å². The normalized spacial score (nSPS) is 17.9. The summed E-state index contributed by atoms with van der Waals surface area (Å²) in [5, 5.41) is 19.8. The van der Waals surface area contributed by atoms with Crippen LogP contribution in [-0.2, 0) is 33.9 Å². The number of anilines is 2. The zero-order valence-corrected chi connectivity index (χ0v) is 27.7. The number of methoxy groups -OCH3 is 1. The molecule has 2 aliphatic rings. The van der Waals surface area contributed by atoms with Gasteiger partial charge in [-0.15, -0.1) is 10.2 Å². The molecule has 6 rings (SSSR count). The van der Waals surface area contributed by atoms with Crippen molar-refractivity contribution < 1.29 is 23.9 Å². The molecular weight excluding hydrogens is 626 g/mol. The second-order valence-corrected chi connectivity index (χ2v) is 12.3. The number of hydrogen-bond acceptors (Lipinski definition) is 9. The summed E-state index contributed by atoms with van der Waals surface area (Å²) in [5.74, 6) is 0.772. The van der Waals surface area contributed by atoms with Crippen molar-refractivity contribution in [1.29, 1.82) is 0 Å². The van der Waals surface area contributed by atoms with Crippen molar-refractivity contribution in [3.05, 3.63) is 95.3 Å². The molecule has 4 aromatic rings. The van der Waals surface area contributed by atoms with Crippen LogP contribution >= 0.6 is 0 Å². The Bertz CT molecular complexity index is 1730. The standard InChI is InChI=1S/C35H41N9O5/c1-24-8-6-7-11-28(24)36-35(47)37-29-13-12-26(18-31(29)48-2)19-33(45)44-21-27(49-23-25-9-4-3-5-10-25)20-30(44)34(46)43-16-14-42(15-17-43)22-32-38-40-41-39-32/h3-13,18,27,30H,14-17,19-23H2,1-2H3,(H2,36,37,47)(H,38,39,40,41)/t27-,30-/m0/s1. The number of amides is 4. The van der Waals surface area contributed by atoms with E-state index in [9.17, 15) is 14.4 Å². The van der Waals surface area contributed by atoms with Gasteiger partial charge in [-0.25, -0.2) is 4.79 Å². The van der Waals surface area contributed by atoms with Gasteiger partial charge in [-0.1, -0.05) is 59.8 Å². The fourth-order valence-corrected chi connectivity index (χ4v) is 6.22. The van der Waals surface area contributed by atoms with Crippen molar-refractivity contribution in [2.45, 2.75) is 45.1 Å². The predicted octanol–water partition coefficient (Wildman–Crippen LogP) is 3.23. The Morgan fingerprint density at radius 1 is 0.918 bits per heavy atom. The lowest BCUT2D eigenvalue weighted by Crippen LogP contribution is -2.54. The molecule has 0 bridgehead atoms. The largest absolute Gasteiger partial charge is 0.495 e. The van der Waals surface area contributed by atoms with Gasteiger partial charge in [0.1, 0.15) is 11.8 Å². The number of tetrazole rings is 1. The van der Waals surface area contributed by atoms with Crippen LogP contribution in [0.2, 0.25) is 0 Å². The highest BCUT2D eigenvalue weighted by atomic mass is 16.5. The van der Waals surface area contributed by atoms with Gasteiger partial charge in [0.15, 0.2) is 5.82 Å². The number of aryl methyl sites for hydroxylation is 1. The predicted molar refractivity (Wildman–Crippen MR) is 182 cm³/mol. The summed E-state index contributed by atoms with van der Waals surface area (Å²) in [4.78, 5) is 46.3. The molecule has 0 spiro atoms. The maximum atomic E-state index is 14.0. The Balaban J connectivity index is 1.11. The molecule has 3 N–H and O–H groups in total. The van der Waals surface area contributed by atoms with E-state index in [0.29, 0.717) is 80.8 Å². The number of carbonyl (C=O) groups is 3. The first-order valence-electron chi connectivity index (χ1n) is 16.4. The smallest absolute Gasteiger partial charge is 0.323 e. The Morgan fingerprint density at radius 3 is 2.41 bits per heavy atom. The van der Waals surface area contributed by atoms with Gasteiger partial charge >= 0.3 is 6.03 Å². The molecule has 2 fully saturated rings. The van der Waals surface area contributed by atoms with E-state index in [0.717, 1.165) is 11.1 Å². The molecule has 3 heterocycles. The minimum absolute atomic E-state index is 0.0553. The minimum atomic E-state index is -0.634. The van der Waals surface area contributed by atoms with Crippen LogP contribution in [0.25, 0.3) is 0 Å². The highest BCUT2D eigenvalue weighted by Gasteiger charge is 2.42. The molecule has 2 saturated heterocycles. The lowest BCUT2D eigenvalue weighted by atomic mass is 10.1. The number of piperazine rings is 1. The Hall–Kier alpha value is -5.34. The van der Waals surface area contributed by atoms with Gasteiger partial charge in [0.25, 0.3) is 0 Å². The lowest BCUT2D eigenvalue weighted by molar-refractivity contribution is -0.144. The van der Waals surface area contributed by atoms with E-state index in [1.807, 2.05) is 66.4 Å². The maximum Gasteiger partial charge on any atom is 0.323 e. The third kappa shape index (κ3) is 8.58. The molecule has 2 aliphatic heterocycles. The maximum absolute atomic E-state index is 14.0. The number of aromatic nitrogens is 4. The van der Waals surface area contributed by atoms with Crippen LogP contribution in [-0.4, -0.2) is 105 Å². The summed E-state index contributed by atoms with van der Waals surface area (Å²) in [7, 11) is 1.51. The number of nitrogens with zero attached hydrogens (tertiary/aromatic N) is 6. The van der Waals surface area contributed by atoms with Crippen molar-refractivity contribution in [2.75, 3.05) is 50.5 Å². The van der Waals surface area contributed by atoms with Gasteiger partial charge in [0.2, 0.25) is 11.8 Å². The van der Waals surface area contributed by atoms with Gasteiger partial charge in [-0.2, -0.15) is 5.21 Å². The van der Waals surface area contributed by atoms with Crippen molar-refractivity contribution in [3.63, 3.8) is 0 Å². The Labute approximate surface area is 284 Å². The van der Waals surface area contributed by atoms with E-state index in [4.69, 9.17) is 9.47 Å². The molecule has 3 aromatic carbocycles. The van der Waals surface area contributed by atoms with E-state index in [1.54, 1.807) is 23.1 Å². The second kappa shape index (κ2) is 15.7. The van der Waals surface area contributed by atoms with E-state index in [-0.39, 0.29) is 24.3 Å². The SMILES string of the molecule is COc1cc(CC(=O)N2C[C@@H](OCc3ccccc3)C[C@H]2C(=O)N2CCN(Cc3nn[nH]n3)CC2)ccc1NC(=O)Nc1ccccc1C. The summed E-state index contributed by atoms with van der Waals surface area (Å²) >= 11 is 0.